The largest absolute Gasteiger partial charge is 0.463 e. The quantitative estimate of drug-likeness (QED) is 0.602. The highest BCUT2D eigenvalue weighted by atomic mass is 16.3. The molecule has 0 unspecified atom stereocenters. The van der Waals surface area contributed by atoms with Crippen LogP contribution in [0.1, 0.15) is 5.56 Å². The monoisotopic (exact) mass is 341 g/mol. The van der Waals surface area contributed by atoms with Crippen molar-refractivity contribution in [2.45, 2.75) is 0 Å². The van der Waals surface area contributed by atoms with Crippen LogP contribution >= 0.6 is 0 Å². The summed E-state index contributed by atoms with van der Waals surface area (Å²) < 4.78 is 5.44. The van der Waals surface area contributed by atoms with E-state index in [9.17, 15) is 0 Å². The number of rotatable bonds is 4. The van der Waals surface area contributed by atoms with Crippen LogP contribution in [0.15, 0.2) is 66.1 Å². The Morgan fingerprint density at radius 2 is 2.04 bits per heavy atom. The van der Waals surface area contributed by atoms with Crippen molar-refractivity contribution in [3.8, 4) is 28.8 Å². The summed E-state index contributed by atoms with van der Waals surface area (Å²) in [6, 6.07) is 9.10. The van der Waals surface area contributed by atoms with Crippen molar-refractivity contribution < 1.29 is 4.42 Å². The molecule has 0 aliphatic carbocycles. The zero-order valence-corrected chi connectivity index (χ0v) is 13.4. The molecule has 0 amide bonds. The van der Waals surface area contributed by atoms with Crippen LogP contribution < -0.4 is 5.32 Å². The smallest absolute Gasteiger partial charge is 0.227 e. The van der Waals surface area contributed by atoms with E-state index in [-0.39, 0.29) is 0 Å². The molecule has 0 saturated heterocycles. The van der Waals surface area contributed by atoms with Gasteiger partial charge in [-0.25, -0.2) is 19.9 Å². The fourth-order valence-corrected chi connectivity index (χ4v) is 2.39. The molecule has 0 fully saturated rings. The molecule has 26 heavy (non-hydrogen) atoms. The molecule has 1 N–H and O–H groups in total. The van der Waals surface area contributed by atoms with Crippen LogP contribution in [-0.2, 0) is 0 Å². The van der Waals surface area contributed by atoms with Gasteiger partial charge in [0.1, 0.15) is 18.1 Å². The lowest BCUT2D eigenvalue weighted by molar-refractivity contribution is 0.580. The minimum atomic E-state index is 0.369. The van der Waals surface area contributed by atoms with Gasteiger partial charge in [0, 0.05) is 24.2 Å². The highest BCUT2D eigenvalue weighted by molar-refractivity contribution is 5.76. The van der Waals surface area contributed by atoms with E-state index in [1.165, 1.54) is 12.5 Å². The lowest BCUT2D eigenvalue weighted by Gasteiger charge is -2.08. The molecule has 0 aromatic carbocycles. The second-order valence-electron chi connectivity index (χ2n) is 5.23. The van der Waals surface area contributed by atoms with Gasteiger partial charge < -0.3 is 9.73 Å². The molecule has 0 radical (unpaired) electrons. The Bertz CT molecular complexity index is 1090. The van der Waals surface area contributed by atoms with Gasteiger partial charge in [-0.1, -0.05) is 0 Å². The van der Waals surface area contributed by atoms with Crippen molar-refractivity contribution in [2.75, 3.05) is 5.32 Å². The minimum absolute atomic E-state index is 0.369. The van der Waals surface area contributed by atoms with E-state index < -0.39 is 0 Å². The third kappa shape index (κ3) is 3.09. The Morgan fingerprint density at radius 1 is 1.08 bits per heavy atom. The van der Waals surface area contributed by atoms with Crippen LogP contribution in [0.3, 0.4) is 0 Å². The van der Waals surface area contributed by atoms with Crippen LogP contribution in [0.4, 0.5) is 11.6 Å². The lowest BCUT2D eigenvalue weighted by atomic mass is 10.1. The molecule has 0 aliphatic rings. The normalized spacial score (nSPS) is 10.3. The Hall–Kier alpha value is -4.12. The number of nitriles is 1. The highest BCUT2D eigenvalue weighted by Crippen LogP contribution is 2.29. The van der Waals surface area contributed by atoms with Crippen molar-refractivity contribution >= 4 is 11.6 Å². The van der Waals surface area contributed by atoms with E-state index in [1.807, 2.05) is 12.1 Å². The molecule has 4 heterocycles. The zero-order valence-electron chi connectivity index (χ0n) is 13.4. The van der Waals surface area contributed by atoms with Crippen LogP contribution in [-0.4, -0.2) is 24.9 Å². The molecule has 124 valence electrons. The maximum Gasteiger partial charge on any atom is 0.227 e. The zero-order chi connectivity index (χ0) is 17.8. The van der Waals surface area contributed by atoms with Crippen molar-refractivity contribution in [1.82, 2.24) is 24.9 Å². The first-order chi connectivity index (χ1) is 12.8. The van der Waals surface area contributed by atoms with E-state index in [1.54, 1.807) is 43.1 Å². The van der Waals surface area contributed by atoms with Gasteiger partial charge in [0.15, 0.2) is 5.76 Å². The second-order valence-corrected chi connectivity index (χ2v) is 5.23. The van der Waals surface area contributed by atoms with Crippen LogP contribution in [0.5, 0.6) is 0 Å². The maximum atomic E-state index is 8.97. The van der Waals surface area contributed by atoms with Gasteiger partial charge >= 0.3 is 0 Å². The van der Waals surface area contributed by atoms with Crippen LogP contribution in [0.25, 0.3) is 22.7 Å². The number of nitrogens with zero attached hydrogens (tertiary/aromatic N) is 6. The Morgan fingerprint density at radius 3 is 2.88 bits per heavy atom. The Kier molecular flexibility index (Phi) is 4.02. The summed E-state index contributed by atoms with van der Waals surface area (Å²) in [7, 11) is 0. The molecule has 4 aromatic heterocycles. The van der Waals surface area contributed by atoms with Crippen LogP contribution in [0, 0.1) is 11.3 Å². The number of pyridine rings is 1. The Balaban J connectivity index is 1.70. The van der Waals surface area contributed by atoms with Crippen molar-refractivity contribution in [2.24, 2.45) is 0 Å². The summed E-state index contributed by atoms with van der Waals surface area (Å²) in [6.45, 7) is 0. The lowest BCUT2D eigenvalue weighted by Crippen LogP contribution is -2.00. The molecule has 8 heteroatoms. The fourth-order valence-electron chi connectivity index (χ4n) is 2.39. The van der Waals surface area contributed by atoms with E-state index in [2.05, 4.69) is 30.2 Å². The second kappa shape index (κ2) is 6.78. The van der Waals surface area contributed by atoms with Gasteiger partial charge in [-0.15, -0.1) is 0 Å². The summed E-state index contributed by atoms with van der Waals surface area (Å²) in [5.74, 6) is 0.995. The summed E-state index contributed by atoms with van der Waals surface area (Å²) in [5.41, 5.74) is 3.07. The van der Waals surface area contributed by atoms with Gasteiger partial charge in [0.05, 0.1) is 29.4 Å². The third-order valence-corrected chi connectivity index (χ3v) is 3.52. The molecular formula is C18H11N7O. The molecule has 0 saturated carbocycles. The standard InChI is InChI=1S/C18H11N7O/c19-7-12-6-13(9-20-8-12)24-18-22-4-3-15(25-18)14-10-21-11-23-17(14)16-2-1-5-26-16/h1-6,8-11H,(H,22,24,25). The van der Waals surface area contributed by atoms with Gasteiger partial charge in [-0.05, 0) is 24.3 Å². The molecule has 0 spiro atoms. The van der Waals surface area contributed by atoms with E-state index in [0.29, 0.717) is 34.3 Å². The molecule has 4 aromatic rings. The molecular weight excluding hydrogens is 330 g/mol. The third-order valence-electron chi connectivity index (χ3n) is 3.52. The predicted octanol–water partition coefficient (Wildman–Crippen LogP) is 3.20. The summed E-state index contributed by atoms with van der Waals surface area (Å²) in [6.07, 6.45) is 9.43. The minimum Gasteiger partial charge on any atom is -0.463 e. The number of anilines is 2. The van der Waals surface area contributed by atoms with E-state index >= 15 is 0 Å². The predicted molar refractivity (Wildman–Crippen MR) is 93.0 cm³/mol. The van der Waals surface area contributed by atoms with Crippen molar-refractivity contribution in [3.05, 3.63) is 67.2 Å². The number of aromatic nitrogens is 5. The SMILES string of the molecule is N#Cc1cncc(Nc2nccc(-c3cncnc3-c3ccco3)n2)c1. The first-order valence-electron chi connectivity index (χ1n) is 7.63. The first-order valence-corrected chi connectivity index (χ1v) is 7.63. The topological polar surface area (TPSA) is 113 Å². The number of nitrogens with one attached hydrogen (secondary N) is 1. The fraction of sp³-hybridized carbons (Fsp3) is 0. The first kappa shape index (κ1) is 15.4. The van der Waals surface area contributed by atoms with Gasteiger partial charge in [0.25, 0.3) is 0 Å². The number of furan rings is 1. The van der Waals surface area contributed by atoms with Gasteiger partial charge in [0.2, 0.25) is 5.95 Å². The van der Waals surface area contributed by atoms with Crippen LogP contribution in [0.2, 0.25) is 0 Å². The van der Waals surface area contributed by atoms with Crippen molar-refractivity contribution in [1.29, 1.82) is 5.26 Å². The molecule has 0 atom stereocenters. The summed E-state index contributed by atoms with van der Waals surface area (Å²) in [5, 5.41) is 12.0. The molecule has 4 rings (SSSR count). The number of hydrogen-bond donors (Lipinski definition) is 1. The summed E-state index contributed by atoms with van der Waals surface area (Å²) in [4.78, 5) is 21.1. The maximum absolute atomic E-state index is 8.97. The average molecular weight is 341 g/mol. The highest BCUT2D eigenvalue weighted by Gasteiger charge is 2.13. The molecule has 0 bridgehead atoms. The average Bonchev–Trinajstić information content (AvgIpc) is 3.23. The van der Waals surface area contributed by atoms with Gasteiger partial charge in [-0.3, -0.25) is 4.98 Å². The van der Waals surface area contributed by atoms with Gasteiger partial charge in [-0.2, -0.15) is 5.26 Å². The van der Waals surface area contributed by atoms with Crippen molar-refractivity contribution in [3.63, 3.8) is 0 Å². The summed E-state index contributed by atoms with van der Waals surface area (Å²) >= 11 is 0. The molecule has 0 aliphatic heterocycles. The Labute approximate surface area is 148 Å². The van der Waals surface area contributed by atoms with E-state index in [4.69, 9.17) is 9.68 Å². The van der Waals surface area contributed by atoms with E-state index in [0.717, 1.165) is 5.56 Å². The number of hydrogen-bond acceptors (Lipinski definition) is 8. The molecule has 8 nitrogen and oxygen atoms in total.